The molecule has 1 N–H and O–H groups in total. The molecular formula is C23H28N10O3. The molecule has 3 aromatic heterocycles. The lowest BCUT2D eigenvalue weighted by Crippen LogP contribution is -2.54. The highest BCUT2D eigenvalue weighted by atomic mass is 16.5. The summed E-state index contributed by atoms with van der Waals surface area (Å²) in [5.74, 6) is 0.654. The molecule has 13 nitrogen and oxygen atoms in total. The zero-order chi connectivity index (χ0) is 25.6. The fourth-order valence-electron chi connectivity index (χ4n) is 4.65. The molecule has 3 atom stereocenters. The van der Waals surface area contributed by atoms with Crippen LogP contribution >= 0.6 is 0 Å². The summed E-state index contributed by atoms with van der Waals surface area (Å²) < 4.78 is 0.594. The van der Waals surface area contributed by atoms with Crippen LogP contribution in [0.15, 0.2) is 31.0 Å². The molecule has 2 unspecified atom stereocenters. The number of quaternary nitrogens is 1. The van der Waals surface area contributed by atoms with Crippen molar-refractivity contribution in [2.45, 2.75) is 38.8 Å². The first-order chi connectivity index (χ1) is 17.2. The van der Waals surface area contributed by atoms with E-state index in [9.17, 15) is 14.8 Å². The van der Waals surface area contributed by atoms with E-state index >= 15 is 0 Å². The molecule has 188 valence electrons. The van der Waals surface area contributed by atoms with Crippen LogP contribution < -0.4 is 14.9 Å². The van der Waals surface area contributed by atoms with Gasteiger partial charge in [-0.3, -0.25) is 19.1 Å². The van der Waals surface area contributed by atoms with Gasteiger partial charge in [0, 0.05) is 38.2 Å². The van der Waals surface area contributed by atoms with Crippen molar-refractivity contribution in [1.82, 2.24) is 39.0 Å². The minimum atomic E-state index is -0.828. The zero-order valence-electron chi connectivity index (χ0n) is 20.6. The van der Waals surface area contributed by atoms with Gasteiger partial charge in [0.2, 0.25) is 11.9 Å². The van der Waals surface area contributed by atoms with E-state index in [1.165, 1.54) is 29.0 Å². The third-order valence-corrected chi connectivity index (χ3v) is 6.66. The fourth-order valence-corrected chi connectivity index (χ4v) is 4.65. The van der Waals surface area contributed by atoms with Crippen molar-refractivity contribution in [2.24, 2.45) is 0 Å². The molecule has 0 radical (unpaired) electrons. The Labute approximate surface area is 208 Å². The maximum Gasteiger partial charge on any atom is 0.282 e. The first-order valence-corrected chi connectivity index (χ1v) is 11.8. The van der Waals surface area contributed by atoms with Crippen molar-refractivity contribution in [1.29, 1.82) is 0 Å². The van der Waals surface area contributed by atoms with Crippen molar-refractivity contribution >= 4 is 29.4 Å². The molecule has 1 fully saturated rings. The average molecular weight is 493 g/mol. The molecule has 2 aliphatic heterocycles. The molecular weight excluding hydrogens is 464 g/mol. The second-order valence-electron chi connectivity index (χ2n) is 9.46. The number of hydrogen-bond donors (Lipinski definition) is 1. The minimum absolute atomic E-state index is 0.0467. The third kappa shape index (κ3) is 4.16. The number of nitrogens with one attached hydrogen (secondary N) is 1. The Bertz CT molecular complexity index is 1310. The highest BCUT2D eigenvalue weighted by molar-refractivity contribution is 6.00. The summed E-state index contributed by atoms with van der Waals surface area (Å²) in [5, 5.41) is 15.6. The van der Waals surface area contributed by atoms with Crippen LogP contribution in [0.1, 0.15) is 43.2 Å². The van der Waals surface area contributed by atoms with E-state index in [-0.39, 0.29) is 29.9 Å². The standard InChI is InChI=1S/C23H28N10O3/c1-14-6-5-9-31(14)23-25-10-16(11-26-23)19-24-8-7-17(28-19)29-21(34)15(2)32-12-27-20-18(32)22(35)30(3)13-33(20,4)36/h7-8,10-12,14-15H,5-6,9,13H2,1-4H3,(H,24,28,29,34)/t14-,15?,33?/m0/s1. The number of nitrogens with zero attached hydrogens (tertiary/aromatic N) is 9. The van der Waals surface area contributed by atoms with Gasteiger partial charge in [-0.2, -0.15) is 4.98 Å². The summed E-state index contributed by atoms with van der Waals surface area (Å²) in [6.45, 7) is 4.68. The van der Waals surface area contributed by atoms with Crippen LogP contribution in [0.2, 0.25) is 0 Å². The number of fused-ring (bicyclic) bond motifs is 1. The van der Waals surface area contributed by atoms with Gasteiger partial charge in [-0.05, 0) is 32.8 Å². The quantitative estimate of drug-likeness (QED) is 0.416. The number of hydrogen-bond acceptors (Lipinski definition) is 9. The van der Waals surface area contributed by atoms with Gasteiger partial charge < -0.3 is 20.0 Å². The highest BCUT2D eigenvalue weighted by Gasteiger charge is 2.39. The molecule has 0 bridgehead atoms. The summed E-state index contributed by atoms with van der Waals surface area (Å²) in [6, 6.07) is 1.16. The Morgan fingerprint density at radius 2 is 2.00 bits per heavy atom. The Hall–Kier alpha value is -3.97. The summed E-state index contributed by atoms with van der Waals surface area (Å²) in [6.07, 6.45) is 8.49. The second-order valence-corrected chi connectivity index (χ2v) is 9.46. The first kappa shape index (κ1) is 23.8. The highest BCUT2D eigenvalue weighted by Crippen LogP contribution is 2.31. The maximum atomic E-state index is 13.1. The van der Waals surface area contributed by atoms with E-state index in [0.29, 0.717) is 23.4 Å². The topological polar surface area (TPSA) is 145 Å². The smallest absolute Gasteiger partial charge is 0.282 e. The molecule has 5 rings (SSSR count). The monoisotopic (exact) mass is 492 g/mol. The van der Waals surface area contributed by atoms with Crippen LogP contribution in [0.5, 0.6) is 0 Å². The van der Waals surface area contributed by atoms with Crippen LogP contribution in [-0.2, 0) is 4.79 Å². The van der Waals surface area contributed by atoms with Crippen molar-refractivity contribution in [2.75, 3.05) is 37.5 Å². The van der Waals surface area contributed by atoms with E-state index in [2.05, 4.69) is 42.1 Å². The van der Waals surface area contributed by atoms with Crippen LogP contribution in [-0.4, -0.2) is 79.6 Å². The molecule has 2 aliphatic rings. The van der Waals surface area contributed by atoms with Gasteiger partial charge in [0.05, 0.1) is 12.6 Å². The van der Waals surface area contributed by atoms with Gasteiger partial charge in [-0.15, -0.1) is 0 Å². The molecule has 13 heteroatoms. The van der Waals surface area contributed by atoms with Gasteiger partial charge in [0.1, 0.15) is 18.2 Å². The molecule has 5 heterocycles. The largest absolute Gasteiger partial charge is 0.625 e. The van der Waals surface area contributed by atoms with E-state index in [1.807, 2.05) is 0 Å². The summed E-state index contributed by atoms with van der Waals surface area (Å²) in [7, 11) is 2.97. The second kappa shape index (κ2) is 8.91. The lowest BCUT2D eigenvalue weighted by atomic mass is 10.2. The van der Waals surface area contributed by atoms with Gasteiger partial charge in [0.15, 0.2) is 18.2 Å². The van der Waals surface area contributed by atoms with Gasteiger partial charge >= 0.3 is 0 Å². The summed E-state index contributed by atoms with van der Waals surface area (Å²) in [4.78, 5) is 51.1. The third-order valence-electron chi connectivity index (χ3n) is 6.66. The van der Waals surface area contributed by atoms with Crippen molar-refractivity contribution in [3.8, 4) is 11.4 Å². The maximum absolute atomic E-state index is 13.1. The van der Waals surface area contributed by atoms with Crippen molar-refractivity contribution in [3.05, 3.63) is 41.9 Å². The number of imidazole rings is 1. The number of aromatic nitrogens is 6. The van der Waals surface area contributed by atoms with Gasteiger partial charge in [-0.25, -0.2) is 19.9 Å². The van der Waals surface area contributed by atoms with Crippen LogP contribution in [0.25, 0.3) is 11.4 Å². The van der Waals surface area contributed by atoms with Crippen LogP contribution in [0, 0.1) is 5.21 Å². The Morgan fingerprint density at radius 3 is 2.69 bits per heavy atom. The van der Waals surface area contributed by atoms with E-state index < -0.39 is 16.6 Å². The Kier molecular flexibility index (Phi) is 5.88. The van der Waals surface area contributed by atoms with Crippen LogP contribution in [0.3, 0.4) is 0 Å². The molecule has 1 saturated heterocycles. The van der Waals surface area contributed by atoms with Gasteiger partial charge in [-0.1, -0.05) is 0 Å². The average Bonchev–Trinajstić information content (AvgIpc) is 3.49. The predicted octanol–water partition coefficient (Wildman–Crippen LogP) is 1.80. The van der Waals surface area contributed by atoms with Crippen molar-refractivity contribution in [3.63, 3.8) is 0 Å². The number of amides is 2. The minimum Gasteiger partial charge on any atom is -0.625 e. The number of carbonyl (C=O) groups excluding carboxylic acids is 2. The predicted molar refractivity (Wildman–Crippen MR) is 133 cm³/mol. The number of anilines is 2. The Morgan fingerprint density at radius 1 is 1.25 bits per heavy atom. The molecule has 0 aliphatic carbocycles. The van der Waals surface area contributed by atoms with E-state index in [4.69, 9.17) is 0 Å². The molecule has 0 spiro atoms. The number of hydroxylamine groups is 2. The number of rotatable bonds is 5. The van der Waals surface area contributed by atoms with Crippen LogP contribution in [0.4, 0.5) is 17.6 Å². The molecule has 2 amide bonds. The van der Waals surface area contributed by atoms with E-state index in [0.717, 1.165) is 19.4 Å². The first-order valence-electron chi connectivity index (χ1n) is 11.8. The zero-order valence-corrected chi connectivity index (χ0v) is 20.6. The van der Waals surface area contributed by atoms with E-state index in [1.54, 1.807) is 32.4 Å². The SMILES string of the molecule is CC(C(=O)Nc1ccnc(-c2cnc(N3CCC[C@@H]3C)nc2)n1)n1cnc2c1C(=O)N(C)C[N+]2(C)[O-]. The van der Waals surface area contributed by atoms with Crippen molar-refractivity contribution < 1.29 is 9.59 Å². The fraction of sp³-hybridized carbons (Fsp3) is 0.435. The molecule has 0 aromatic carbocycles. The lowest BCUT2D eigenvalue weighted by molar-refractivity contribution is -0.118. The molecule has 36 heavy (non-hydrogen) atoms. The summed E-state index contributed by atoms with van der Waals surface area (Å²) >= 11 is 0. The Balaban J connectivity index is 1.33. The molecule has 3 aromatic rings. The van der Waals surface area contributed by atoms with Gasteiger partial charge in [0.25, 0.3) is 11.7 Å². The normalized spacial score (nSPS) is 22.5. The lowest BCUT2D eigenvalue weighted by Gasteiger charge is -2.42. The molecule has 0 saturated carbocycles. The number of carbonyl (C=O) groups is 2. The summed E-state index contributed by atoms with van der Waals surface area (Å²) in [5.41, 5.74) is 0.733.